The summed E-state index contributed by atoms with van der Waals surface area (Å²) in [5.74, 6) is -0.430. The van der Waals surface area contributed by atoms with E-state index >= 15 is 0 Å². The van der Waals surface area contributed by atoms with Crippen LogP contribution in [0.4, 0.5) is 4.39 Å². The molecule has 1 aromatic rings. The van der Waals surface area contributed by atoms with Crippen LogP contribution >= 0.6 is 0 Å². The molecule has 0 heterocycles. The smallest absolute Gasteiger partial charge is 0.209 e. The fourth-order valence-electron chi connectivity index (χ4n) is 1.80. The third-order valence-electron chi connectivity index (χ3n) is 2.16. The van der Waals surface area contributed by atoms with E-state index in [9.17, 15) is 12.8 Å². The summed E-state index contributed by atoms with van der Waals surface area (Å²) in [5.41, 5.74) is 0.273. The highest BCUT2D eigenvalue weighted by molar-refractivity contribution is 7.89. The van der Waals surface area contributed by atoms with Crippen molar-refractivity contribution in [2.24, 2.45) is 10.6 Å². The topological polar surface area (TPSA) is 60.2 Å². The van der Waals surface area contributed by atoms with Crippen LogP contribution in [0.2, 0.25) is 0 Å². The quantitative estimate of drug-likeness (QED) is 0.877. The van der Waals surface area contributed by atoms with Gasteiger partial charge in [-0.2, -0.15) is 0 Å². The molecule has 0 atom stereocenters. The average molecular weight is 245 g/mol. The zero-order valence-corrected chi connectivity index (χ0v) is 10.2. The van der Waals surface area contributed by atoms with Crippen LogP contribution < -0.4 is 5.14 Å². The van der Waals surface area contributed by atoms with E-state index < -0.39 is 15.4 Å². The Morgan fingerprint density at radius 3 is 2.50 bits per heavy atom. The summed E-state index contributed by atoms with van der Waals surface area (Å²) in [4.78, 5) is 0. The molecule has 3 nitrogen and oxygen atoms in total. The van der Waals surface area contributed by atoms with E-state index in [4.69, 9.17) is 5.14 Å². The first kappa shape index (κ1) is 13.1. The van der Waals surface area contributed by atoms with Crippen molar-refractivity contribution in [1.29, 1.82) is 0 Å². The second kappa shape index (κ2) is 4.51. The Hall–Kier alpha value is -0.940. The van der Waals surface area contributed by atoms with Crippen molar-refractivity contribution in [3.8, 4) is 0 Å². The Kier molecular flexibility index (Phi) is 3.70. The van der Waals surface area contributed by atoms with Gasteiger partial charge in [0.2, 0.25) is 10.0 Å². The summed E-state index contributed by atoms with van der Waals surface area (Å²) >= 11 is 0. The van der Waals surface area contributed by atoms with E-state index in [1.54, 1.807) is 26.0 Å². The molecule has 16 heavy (non-hydrogen) atoms. The van der Waals surface area contributed by atoms with Gasteiger partial charge in [0.25, 0.3) is 0 Å². The number of nitrogens with two attached hydrogens (primary N) is 1. The third kappa shape index (κ3) is 4.72. The van der Waals surface area contributed by atoms with Gasteiger partial charge in [0.05, 0.1) is 5.75 Å². The van der Waals surface area contributed by atoms with E-state index in [1.807, 2.05) is 0 Å². The van der Waals surface area contributed by atoms with Gasteiger partial charge in [-0.15, -0.1) is 0 Å². The van der Waals surface area contributed by atoms with E-state index in [2.05, 4.69) is 0 Å². The Morgan fingerprint density at radius 1 is 1.38 bits per heavy atom. The summed E-state index contributed by atoms with van der Waals surface area (Å²) < 4.78 is 35.0. The maximum atomic E-state index is 12.9. The van der Waals surface area contributed by atoms with E-state index in [0.29, 0.717) is 6.42 Å². The highest BCUT2D eigenvalue weighted by Gasteiger charge is 2.24. The lowest BCUT2D eigenvalue weighted by atomic mass is 9.88. The maximum absolute atomic E-state index is 12.9. The summed E-state index contributed by atoms with van der Waals surface area (Å²) in [7, 11) is -3.51. The summed E-state index contributed by atoms with van der Waals surface area (Å²) in [6.07, 6.45) is 0.473. The SMILES string of the molecule is CC(C)(Cc1cccc(F)c1)CS(N)(=O)=O. The first-order valence-electron chi connectivity index (χ1n) is 4.93. The van der Waals surface area contributed by atoms with Gasteiger partial charge in [-0.3, -0.25) is 0 Å². The van der Waals surface area contributed by atoms with Crippen molar-refractivity contribution in [1.82, 2.24) is 0 Å². The molecular weight excluding hydrogens is 229 g/mol. The Labute approximate surface area is 95.5 Å². The molecule has 0 aliphatic heterocycles. The normalized spacial score (nSPS) is 12.8. The molecule has 0 aliphatic carbocycles. The van der Waals surface area contributed by atoms with Gasteiger partial charge in [0.1, 0.15) is 5.82 Å². The Morgan fingerprint density at radius 2 is 2.00 bits per heavy atom. The standard InChI is InChI=1S/C11H16FNO2S/c1-11(2,8-16(13,14)15)7-9-4-3-5-10(12)6-9/h3-6H,7-8H2,1-2H3,(H2,13,14,15). The number of hydrogen-bond acceptors (Lipinski definition) is 2. The van der Waals surface area contributed by atoms with Crippen molar-refractivity contribution in [2.45, 2.75) is 20.3 Å². The largest absolute Gasteiger partial charge is 0.229 e. The van der Waals surface area contributed by atoms with Crippen LogP contribution in [0.3, 0.4) is 0 Å². The number of rotatable bonds is 4. The molecule has 2 N–H and O–H groups in total. The van der Waals surface area contributed by atoms with Crippen molar-refractivity contribution < 1.29 is 12.8 Å². The summed E-state index contributed by atoms with van der Waals surface area (Å²) in [6.45, 7) is 3.59. The van der Waals surface area contributed by atoms with Gasteiger partial charge in [-0.25, -0.2) is 17.9 Å². The van der Waals surface area contributed by atoms with Gasteiger partial charge in [-0.05, 0) is 29.5 Å². The predicted molar refractivity (Wildman–Crippen MR) is 61.9 cm³/mol. The maximum Gasteiger partial charge on any atom is 0.209 e. The minimum absolute atomic E-state index is 0.115. The molecule has 0 radical (unpaired) electrons. The van der Waals surface area contributed by atoms with Crippen LogP contribution in [0.15, 0.2) is 24.3 Å². The predicted octanol–water partition coefficient (Wildman–Crippen LogP) is 1.68. The molecule has 90 valence electrons. The number of sulfonamides is 1. The first-order valence-corrected chi connectivity index (χ1v) is 6.64. The second-order valence-corrected chi connectivity index (χ2v) is 6.39. The minimum Gasteiger partial charge on any atom is -0.229 e. The van der Waals surface area contributed by atoms with Crippen LogP contribution in [0, 0.1) is 11.2 Å². The monoisotopic (exact) mass is 245 g/mol. The molecule has 5 heteroatoms. The van der Waals surface area contributed by atoms with E-state index in [-0.39, 0.29) is 11.6 Å². The van der Waals surface area contributed by atoms with Crippen LogP contribution in [0.25, 0.3) is 0 Å². The molecule has 0 bridgehead atoms. The molecule has 0 spiro atoms. The lowest BCUT2D eigenvalue weighted by molar-refractivity contribution is 0.409. The zero-order valence-electron chi connectivity index (χ0n) is 9.40. The third-order valence-corrected chi connectivity index (χ3v) is 3.35. The van der Waals surface area contributed by atoms with Gasteiger partial charge in [-0.1, -0.05) is 26.0 Å². The van der Waals surface area contributed by atoms with E-state index in [0.717, 1.165) is 5.56 Å². The van der Waals surface area contributed by atoms with Crippen molar-refractivity contribution in [3.05, 3.63) is 35.6 Å². The highest BCUT2D eigenvalue weighted by Crippen LogP contribution is 2.23. The van der Waals surface area contributed by atoms with Gasteiger partial charge < -0.3 is 0 Å². The highest BCUT2D eigenvalue weighted by atomic mass is 32.2. The zero-order chi connectivity index (χ0) is 12.4. The Bertz CT molecular complexity index is 469. The van der Waals surface area contributed by atoms with Crippen LogP contribution in [-0.4, -0.2) is 14.2 Å². The number of benzene rings is 1. The molecule has 0 saturated carbocycles. The van der Waals surface area contributed by atoms with Gasteiger partial charge >= 0.3 is 0 Å². The van der Waals surface area contributed by atoms with Crippen molar-refractivity contribution >= 4 is 10.0 Å². The van der Waals surface area contributed by atoms with Crippen molar-refractivity contribution in [2.75, 3.05) is 5.75 Å². The number of halogens is 1. The summed E-state index contributed by atoms with van der Waals surface area (Å²) in [6, 6.07) is 6.15. The molecule has 0 amide bonds. The summed E-state index contributed by atoms with van der Waals surface area (Å²) in [5, 5.41) is 5.00. The molecule has 0 aromatic heterocycles. The fourth-order valence-corrected chi connectivity index (χ4v) is 2.99. The molecule has 0 saturated heterocycles. The molecule has 1 rings (SSSR count). The van der Waals surface area contributed by atoms with Crippen LogP contribution in [0.1, 0.15) is 19.4 Å². The number of primary sulfonamides is 1. The second-order valence-electron chi connectivity index (χ2n) is 4.78. The van der Waals surface area contributed by atoms with E-state index in [1.165, 1.54) is 12.1 Å². The fraction of sp³-hybridized carbons (Fsp3) is 0.455. The molecule has 0 unspecified atom stereocenters. The molecule has 0 fully saturated rings. The van der Waals surface area contributed by atoms with Crippen molar-refractivity contribution in [3.63, 3.8) is 0 Å². The first-order chi connectivity index (χ1) is 7.18. The molecule has 1 aromatic carbocycles. The Balaban J connectivity index is 2.80. The van der Waals surface area contributed by atoms with Crippen LogP contribution in [0.5, 0.6) is 0 Å². The minimum atomic E-state index is -3.51. The van der Waals surface area contributed by atoms with Gasteiger partial charge in [0, 0.05) is 0 Å². The van der Waals surface area contributed by atoms with Gasteiger partial charge in [0.15, 0.2) is 0 Å². The lowest BCUT2D eigenvalue weighted by Gasteiger charge is -2.23. The lowest BCUT2D eigenvalue weighted by Crippen LogP contribution is -2.30. The van der Waals surface area contributed by atoms with Crippen LogP contribution in [-0.2, 0) is 16.4 Å². The molecular formula is C11H16FNO2S. The average Bonchev–Trinajstić information content (AvgIpc) is 1.96. The molecule has 0 aliphatic rings. The number of hydrogen-bond donors (Lipinski definition) is 1.